The fourth-order valence-electron chi connectivity index (χ4n) is 2.06. The summed E-state index contributed by atoms with van der Waals surface area (Å²) >= 11 is 6.14. The van der Waals surface area contributed by atoms with Crippen molar-refractivity contribution in [2.45, 2.75) is 0 Å². The van der Waals surface area contributed by atoms with Crippen molar-refractivity contribution in [3.8, 4) is 17.2 Å². The molecule has 0 unspecified atom stereocenters. The largest absolute Gasteiger partial charge is 0.497 e. The number of hydrogen-bond donors (Lipinski definition) is 0. The van der Waals surface area contributed by atoms with Crippen LogP contribution in [0.3, 0.4) is 0 Å². The molecule has 0 radical (unpaired) electrons. The maximum Gasteiger partial charge on any atom is 0.185 e. The monoisotopic (exact) mass is 332 g/mol. The summed E-state index contributed by atoms with van der Waals surface area (Å²) in [7, 11) is 4.63. The van der Waals surface area contributed by atoms with Gasteiger partial charge in [-0.15, -0.1) is 0 Å². The molecule has 0 heterocycles. The molecule has 0 spiro atoms. The molecule has 0 amide bonds. The highest BCUT2D eigenvalue weighted by Gasteiger charge is 2.10. The minimum atomic E-state index is -0.112. The van der Waals surface area contributed by atoms with Gasteiger partial charge in [-0.1, -0.05) is 17.7 Å². The Morgan fingerprint density at radius 3 is 2.26 bits per heavy atom. The predicted molar refractivity (Wildman–Crippen MR) is 90.9 cm³/mol. The van der Waals surface area contributed by atoms with Gasteiger partial charge in [-0.05, 0) is 48.0 Å². The Balaban J connectivity index is 2.21. The molecule has 0 bridgehead atoms. The van der Waals surface area contributed by atoms with Crippen LogP contribution in [-0.4, -0.2) is 27.1 Å². The highest BCUT2D eigenvalue weighted by molar-refractivity contribution is 6.32. The first-order valence-electron chi connectivity index (χ1n) is 6.87. The van der Waals surface area contributed by atoms with Crippen LogP contribution in [0.2, 0.25) is 5.02 Å². The molecule has 0 N–H and O–H groups in total. The predicted octanol–water partition coefficient (Wildman–Crippen LogP) is 4.26. The summed E-state index contributed by atoms with van der Waals surface area (Å²) in [4.78, 5) is 12.2. The number of rotatable bonds is 6. The summed E-state index contributed by atoms with van der Waals surface area (Å²) in [6.45, 7) is 0. The van der Waals surface area contributed by atoms with E-state index in [0.29, 0.717) is 27.8 Å². The molecule has 0 fully saturated rings. The molecular formula is C18H17ClO4. The summed E-state index contributed by atoms with van der Waals surface area (Å²) < 4.78 is 15.5. The third kappa shape index (κ3) is 4.05. The Kier molecular flexibility index (Phi) is 5.66. The number of ketones is 1. The zero-order chi connectivity index (χ0) is 16.8. The molecule has 0 saturated carbocycles. The highest BCUT2D eigenvalue weighted by atomic mass is 35.5. The highest BCUT2D eigenvalue weighted by Crippen LogP contribution is 2.36. The van der Waals surface area contributed by atoms with E-state index >= 15 is 0 Å². The molecule has 4 nitrogen and oxygen atoms in total. The second-order valence-electron chi connectivity index (χ2n) is 4.66. The zero-order valence-electron chi connectivity index (χ0n) is 13.1. The summed E-state index contributed by atoms with van der Waals surface area (Å²) in [6, 6.07) is 10.4. The van der Waals surface area contributed by atoms with E-state index in [1.165, 1.54) is 20.3 Å². The molecule has 23 heavy (non-hydrogen) atoms. The minimum Gasteiger partial charge on any atom is -0.497 e. The van der Waals surface area contributed by atoms with Crippen molar-refractivity contribution in [3.63, 3.8) is 0 Å². The first-order valence-corrected chi connectivity index (χ1v) is 7.24. The van der Waals surface area contributed by atoms with E-state index in [2.05, 4.69) is 0 Å². The van der Waals surface area contributed by atoms with E-state index in [-0.39, 0.29) is 5.78 Å². The van der Waals surface area contributed by atoms with Crippen molar-refractivity contribution in [2.24, 2.45) is 0 Å². The first-order chi connectivity index (χ1) is 11.1. The number of carbonyl (C=O) groups is 1. The maximum absolute atomic E-state index is 12.2. The lowest BCUT2D eigenvalue weighted by Gasteiger charge is -2.10. The SMILES string of the molecule is COc1ccc(C(=O)/C=C/c2cc(Cl)c(OC)c(OC)c2)cc1. The molecule has 0 aromatic heterocycles. The lowest BCUT2D eigenvalue weighted by Crippen LogP contribution is -1.95. The van der Waals surface area contributed by atoms with Crippen LogP contribution >= 0.6 is 11.6 Å². The van der Waals surface area contributed by atoms with Crippen LogP contribution in [0.15, 0.2) is 42.5 Å². The lowest BCUT2D eigenvalue weighted by atomic mass is 10.1. The molecule has 0 saturated heterocycles. The van der Waals surface area contributed by atoms with Gasteiger partial charge in [0, 0.05) is 5.56 Å². The van der Waals surface area contributed by atoms with E-state index in [1.807, 2.05) is 0 Å². The topological polar surface area (TPSA) is 44.8 Å². The Labute approximate surface area is 140 Å². The molecule has 120 valence electrons. The summed E-state index contributed by atoms with van der Waals surface area (Å²) in [5.74, 6) is 1.57. The van der Waals surface area contributed by atoms with Gasteiger partial charge in [0.25, 0.3) is 0 Å². The smallest absolute Gasteiger partial charge is 0.185 e. The number of methoxy groups -OCH3 is 3. The van der Waals surface area contributed by atoms with Crippen molar-refractivity contribution in [1.29, 1.82) is 0 Å². The van der Waals surface area contributed by atoms with Crippen LogP contribution in [0, 0.1) is 0 Å². The van der Waals surface area contributed by atoms with Crippen LogP contribution < -0.4 is 14.2 Å². The van der Waals surface area contributed by atoms with Crippen LogP contribution in [0.1, 0.15) is 15.9 Å². The molecular weight excluding hydrogens is 316 g/mol. The fraction of sp³-hybridized carbons (Fsp3) is 0.167. The molecule has 2 aromatic carbocycles. The van der Waals surface area contributed by atoms with Gasteiger partial charge in [-0.2, -0.15) is 0 Å². The van der Waals surface area contributed by atoms with Crippen molar-refractivity contribution in [1.82, 2.24) is 0 Å². The van der Waals surface area contributed by atoms with E-state index < -0.39 is 0 Å². The normalized spacial score (nSPS) is 10.6. The van der Waals surface area contributed by atoms with Crippen molar-refractivity contribution < 1.29 is 19.0 Å². The Hall–Kier alpha value is -2.46. The van der Waals surface area contributed by atoms with Crippen molar-refractivity contribution in [2.75, 3.05) is 21.3 Å². The number of ether oxygens (including phenoxy) is 3. The van der Waals surface area contributed by atoms with Gasteiger partial charge < -0.3 is 14.2 Å². The second kappa shape index (κ2) is 7.70. The van der Waals surface area contributed by atoms with E-state index in [1.54, 1.807) is 49.6 Å². The van der Waals surface area contributed by atoms with Gasteiger partial charge in [-0.3, -0.25) is 4.79 Å². The van der Waals surface area contributed by atoms with Crippen LogP contribution in [-0.2, 0) is 0 Å². The van der Waals surface area contributed by atoms with Gasteiger partial charge in [0.1, 0.15) is 5.75 Å². The average Bonchev–Trinajstić information content (AvgIpc) is 2.59. The van der Waals surface area contributed by atoms with Crippen LogP contribution in [0.5, 0.6) is 17.2 Å². The van der Waals surface area contributed by atoms with E-state index in [9.17, 15) is 4.79 Å². The number of benzene rings is 2. The first kappa shape index (κ1) is 16.9. The summed E-state index contributed by atoms with van der Waals surface area (Å²) in [5.41, 5.74) is 1.32. The Bertz CT molecular complexity index is 721. The standard InChI is InChI=1S/C18H17ClO4/c1-21-14-7-5-13(6-8-14)16(20)9-4-12-10-15(19)18(23-3)17(11-12)22-2/h4-11H,1-3H3/b9-4+. The quantitative estimate of drug-likeness (QED) is 0.585. The molecule has 0 atom stereocenters. The molecule has 0 aliphatic carbocycles. The average molecular weight is 333 g/mol. The number of halogens is 1. The van der Waals surface area contributed by atoms with Gasteiger partial charge in [0.15, 0.2) is 17.3 Å². The molecule has 0 aliphatic heterocycles. The van der Waals surface area contributed by atoms with Crippen molar-refractivity contribution in [3.05, 3.63) is 58.6 Å². The number of carbonyl (C=O) groups excluding carboxylic acids is 1. The lowest BCUT2D eigenvalue weighted by molar-refractivity contribution is 0.104. The van der Waals surface area contributed by atoms with Gasteiger partial charge in [0.05, 0.1) is 26.4 Å². The van der Waals surface area contributed by atoms with Crippen molar-refractivity contribution >= 4 is 23.5 Å². The van der Waals surface area contributed by atoms with Gasteiger partial charge in [0.2, 0.25) is 0 Å². The maximum atomic E-state index is 12.2. The Morgan fingerprint density at radius 2 is 1.70 bits per heavy atom. The van der Waals surface area contributed by atoms with E-state index in [0.717, 1.165) is 5.56 Å². The molecule has 5 heteroatoms. The molecule has 2 rings (SSSR count). The van der Waals surface area contributed by atoms with Gasteiger partial charge >= 0.3 is 0 Å². The van der Waals surface area contributed by atoms with E-state index in [4.69, 9.17) is 25.8 Å². The van der Waals surface area contributed by atoms with Crippen LogP contribution in [0.25, 0.3) is 6.08 Å². The number of hydrogen-bond acceptors (Lipinski definition) is 4. The molecule has 0 aliphatic rings. The second-order valence-corrected chi connectivity index (χ2v) is 5.07. The molecule has 2 aromatic rings. The fourth-order valence-corrected chi connectivity index (χ4v) is 2.35. The summed E-state index contributed by atoms with van der Waals surface area (Å²) in [6.07, 6.45) is 3.17. The Morgan fingerprint density at radius 1 is 1.00 bits per heavy atom. The van der Waals surface area contributed by atoms with Gasteiger partial charge in [-0.25, -0.2) is 0 Å². The minimum absolute atomic E-state index is 0.112. The van der Waals surface area contributed by atoms with Crippen LogP contribution in [0.4, 0.5) is 0 Å². The summed E-state index contributed by atoms with van der Waals surface area (Å²) in [5, 5.41) is 0.420. The third-order valence-electron chi connectivity index (χ3n) is 3.26. The number of allylic oxidation sites excluding steroid dienone is 1. The third-order valence-corrected chi connectivity index (χ3v) is 3.54. The zero-order valence-corrected chi connectivity index (χ0v) is 13.9.